The highest BCUT2D eigenvalue weighted by Crippen LogP contribution is 2.34. The Kier molecular flexibility index (Phi) is 4.41. The van der Waals surface area contributed by atoms with Crippen molar-refractivity contribution in [1.29, 1.82) is 0 Å². The second kappa shape index (κ2) is 5.71. The maximum absolute atomic E-state index is 13.3. The second-order valence-corrected chi connectivity index (χ2v) is 7.53. The van der Waals surface area contributed by atoms with Gasteiger partial charge in [0.25, 0.3) is 0 Å². The van der Waals surface area contributed by atoms with Crippen molar-refractivity contribution < 1.29 is 9.50 Å². The molecule has 0 bridgehead atoms. The number of benzene rings is 1. The van der Waals surface area contributed by atoms with E-state index in [2.05, 4.69) is 18.7 Å². The van der Waals surface area contributed by atoms with Crippen LogP contribution in [-0.2, 0) is 0 Å². The van der Waals surface area contributed by atoms with Crippen LogP contribution >= 0.6 is 11.8 Å². The van der Waals surface area contributed by atoms with Crippen molar-refractivity contribution in [2.75, 3.05) is 23.7 Å². The lowest BCUT2D eigenvalue weighted by molar-refractivity contribution is 0.199. The molecule has 0 aromatic heterocycles. The van der Waals surface area contributed by atoms with Gasteiger partial charge >= 0.3 is 0 Å². The predicted molar refractivity (Wildman–Crippen MR) is 80.4 cm³/mol. The molecular weight excluding hydrogens is 261 g/mol. The van der Waals surface area contributed by atoms with Gasteiger partial charge in [-0.25, -0.2) is 4.39 Å². The molecule has 19 heavy (non-hydrogen) atoms. The molecule has 2 rings (SSSR count). The van der Waals surface area contributed by atoms with Gasteiger partial charge < -0.3 is 10.0 Å². The van der Waals surface area contributed by atoms with E-state index in [1.54, 1.807) is 13.0 Å². The Balaban J connectivity index is 2.26. The van der Waals surface area contributed by atoms with Crippen LogP contribution in [0.4, 0.5) is 10.1 Å². The summed E-state index contributed by atoms with van der Waals surface area (Å²) in [5, 5.41) is 9.83. The van der Waals surface area contributed by atoms with Crippen molar-refractivity contribution in [3.05, 3.63) is 29.6 Å². The average molecular weight is 283 g/mol. The SMILES string of the molecule is C[C@@H](O)c1cc(F)ccc1N1CCSC(C)(C)CC1. The molecular formula is C15H22FNOS. The lowest BCUT2D eigenvalue weighted by atomic mass is 10.1. The number of anilines is 1. The van der Waals surface area contributed by atoms with E-state index in [0.29, 0.717) is 10.3 Å². The summed E-state index contributed by atoms with van der Waals surface area (Å²) in [4.78, 5) is 2.27. The van der Waals surface area contributed by atoms with Crippen molar-refractivity contribution in [3.8, 4) is 0 Å². The summed E-state index contributed by atoms with van der Waals surface area (Å²) < 4.78 is 13.6. The van der Waals surface area contributed by atoms with Gasteiger partial charge in [-0.2, -0.15) is 11.8 Å². The number of rotatable bonds is 2. The van der Waals surface area contributed by atoms with Crippen LogP contribution in [0.2, 0.25) is 0 Å². The molecule has 1 N–H and O–H groups in total. The second-order valence-electron chi connectivity index (χ2n) is 5.72. The van der Waals surface area contributed by atoms with Crippen LogP contribution in [0.5, 0.6) is 0 Å². The quantitative estimate of drug-likeness (QED) is 0.897. The third kappa shape index (κ3) is 3.63. The smallest absolute Gasteiger partial charge is 0.123 e. The summed E-state index contributed by atoms with van der Waals surface area (Å²) in [6, 6.07) is 4.72. The number of hydrogen-bond donors (Lipinski definition) is 1. The maximum Gasteiger partial charge on any atom is 0.123 e. The van der Waals surface area contributed by atoms with Crippen molar-refractivity contribution in [1.82, 2.24) is 0 Å². The van der Waals surface area contributed by atoms with Crippen LogP contribution in [0.25, 0.3) is 0 Å². The predicted octanol–water partition coefficient (Wildman–Crippen LogP) is 3.60. The highest BCUT2D eigenvalue weighted by Gasteiger charge is 2.25. The van der Waals surface area contributed by atoms with Crippen LogP contribution in [0, 0.1) is 5.82 Å². The summed E-state index contributed by atoms with van der Waals surface area (Å²) in [6.45, 7) is 8.11. The van der Waals surface area contributed by atoms with Gasteiger partial charge in [0.2, 0.25) is 0 Å². The first-order valence-corrected chi connectivity index (χ1v) is 7.74. The Morgan fingerprint density at radius 1 is 1.37 bits per heavy atom. The average Bonchev–Trinajstić information content (AvgIpc) is 2.50. The normalized spacial score (nSPS) is 21.0. The van der Waals surface area contributed by atoms with Gasteiger partial charge in [0.15, 0.2) is 0 Å². The highest BCUT2D eigenvalue weighted by atomic mass is 32.2. The minimum Gasteiger partial charge on any atom is -0.389 e. The zero-order valence-corrected chi connectivity index (χ0v) is 12.6. The fraction of sp³-hybridized carbons (Fsp3) is 0.600. The number of hydrogen-bond acceptors (Lipinski definition) is 3. The number of aliphatic hydroxyl groups excluding tert-OH is 1. The van der Waals surface area contributed by atoms with Crippen LogP contribution < -0.4 is 4.90 Å². The molecule has 1 aromatic rings. The number of aliphatic hydroxyl groups is 1. The van der Waals surface area contributed by atoms with Crippen LogP contribution in [0.3, 0.4) is 0 Å². The third-order valence-electron chi connectivity index (χ3n) is 3.62. The van der Waals surface area contributed by atoms with Crippen molar-refractivity contribution in [2.24, 2.45) is 0 Å². The molecule has 1 aliphatic rings. The molecule has 1 aliphatic heterocycles. The molecule has 4 heteroatoms. The standard InChI is InChI=1S/C15H22FNOS/c1-11(18)13-10-12(16)4-5-14(13)17-7-6-15(2,3)19-9-8-17/h4-5,10-11,18H,6-9H2,1-3H3/t11-/m1/s1. The van der Waals surface area contributed by atoms with Gasteiger partial charge in [-0.15, -0.1) is 0 Å². The van der Waals surface area contributed by atoms with E-state index < -0.39 is 6.10 Å². The topological polar surface area (TPSA) is 23.5 Å². The van der Waals surface area contributed by atoms with E-state index in [1.807, 2.05) is 11.8 Å². The van der Waals surface area contributed by atoms with E-state index in [9.17, 15) is 9.50 Å². The van der Waals surface area contributed by atoms with Crippen molar-refractivity contribution in [3.63, 3.8) is 0 Å². The Morgan fingerprint density at radius 2 is 2.11 bits per heavy atom. The summed E-state index contributed by atoms with van der Waals surface area (Å²) in [5.74, 6) is 0.771. The first kappa shape index (κ1) is 14.7. The van der Waals surface area contributed by atoms with E-state index in [1.165, 1.54) is 12.1 Å². The first-order chi connectivity index (χ1) is 8.89. The largest absolute Gasteiger partial charge is 0.389 e. The molecule has 0 radical (unpaired) electrons. The Bertz CT molecular complexity index is 448. The van der Waals surface area contributed by atoms with Gasteiger partial charge in [-0.05, 0) is 31.5 Å². The van der Waals surface area contributed by atoms with Crippen LogP contribution in [0.15, 0.2) is 18.2 Å². The minimum atomic E-state index is -0.644. The maximum atomic E-state index is 13.3. The van der Waals surface area contributed by atoms with Crippen molar-refractivity contribution >= 4 is 17.4 Å². The van der Waals surface area contributed by atoms with E-state index in [-0.39, 0.29) is 5.82 Å². The molecule has 0 spiro atoms. The third-order valence-corrected chi connectivity index (χ3v) is 4.99. The summed E-state index contributed by atoms with van der Waals surface area (Å²) in [5.41, 5.74) is 1.65. The summed E-state index contributed by atoms with van der Waals surface area (Å²) >= 11 is 1.98. The van der Waals surface area contributed by atoms with E-state index in [0.717, 1.165) is 31.0 Å². The highest BCUT2D eigenvalue weighted by molar-refractivity contribution is 8.00. The molecule has 0 saturated carbocycles. The molecule has 0 aliphatic carbocycles. The molecule has 2 nitrogen and oxygen atoms in total. The monoisotopic (exact) mass is 283 g/mol. The fourth-order valence-electron chi connectivity index (χ4n) is 2.41. The zero-order valence-electron chi connectivity index (χ0n) is 11.8. The molecule has 0 amide bonds. The van der Waals surface area contributed by atoms with Crippen LogP contribution in [-0.4, -0.2) is 28.7 Å². The van der Waals surface area contributed by atoms with Crippen molar-refractivity contribution in [2.45, 2.75) is 38.0 Å². The molecule has 106 valence electrons. The molecule has 1 atom stereocenters. The summed E-state index contributed by atoms with van der Waals surface area (Å²) in [7, 11) is 0. The number of thioether (sulfide) groups is 1. The fourth-order valence-corrected chi connectivity index (χ4v) is 3.51. The Hall–Kier alpha value is -0.740. The van der Waals surface area contributed by atoms with Crippen LogP contribution in [0.1, 0.15) is 38.9 Å². The lowest BCUT2D eigenvalue weighted by Gasteiger charge is -2.27. The molecule has 1 heterocycles. The van der Waals surface area contributed by atoms with Gasteiger partial charge in [0.1, 0.15) is 5.82 Å². The number of halogens is 1. The Morgan fingerprint density at radius 3 is 2.79 bits per heavy atom. The molecule has 0 unspecified atom stereocenters. The number of nitrogens with zero attached hydrogens (tertiary/aromatic N) is 1. The van der Waals surface area contributed by atoms with Gasteiger partial charge in [0.05, 0.1) is 6.10 Å². The summed E-state index contributed by atoms with van der Waals surface area (Å²) in [6.07, 6.45) is 0.448. The molecule has 1 aromatic carbocycles. The van der Waals surface area contributed by atoms with Gasteiger partial charge in [-0.3, -0.25) is 0 Å². The Labute approximate surface area is 119 Å². The first-order valence-electron chi connectivity index (χ1n) is 6.75. The van der Waals surface area contributed by atoms with E-state index in [4.69, 9.17) is 0 Å². The van der Waals surface area contributed by atoms with Gasteiger partial charge in [0, 0.05) is 34.8 Å². The van der Waals surface area contributed by atoms with Gasteiger partial charge in [-0.1, -0.05) is 13.8 Å². The zero-order chi connectivity index (χ0) is 14.0. The molecule has 1 fully saturated rings. The molecule has 1 saturated heterocycles. The minimum absolute atomic E-state index is 0.288. The van der Waals surface area contributed by atoms with E-state index >= 15 is 0 Å². The lowest BCUT2D eigenvalue weighted by Crippen LogP contribution is -2.28.